The molecule has 0 aromatic heterocycles. The molecule has 2 aromatic rings. The van der Waals surface area contributed by atoms with Gasteiger partial charge in [0.05, 0.1) is 23.8 Å². The number of amides is 1. The average molecular weight is 285 g/mol. The third-order valence-electron chi connectivity index (χ3n) is 3.67. The van der Waals surface area contributed by atoms with Gasteiger partial charge in [0.1, 0.15) is 0 Å². The molecule has 5 heteroatoms. The van der Waals surface area contributed by atoms with Crippen molar-refractivity contribution in [2.24, 2.45) is 5.92 Å². The number of benzene rings is 2. The molecule has 3 rings (SSSR count). The van der Waals surface area contributed by atoms with Crippen LogP contribution in [0.1, 0.15) is 16.8 Å². The molecule has 0 spiro atoms. The van der Waals surface area contributed by atoms with Crippen molar-refractivity contribution in [3.05, 3.63) is 42.0 Å². The Balaban J connectivity index is 1.97. The summed E-state index contributed by atoms with van der Waals surface area (Å²) in [5.74, 6) is -1.46. The summed E-state index contributed by atoms with van der Waals surface area (Å²) in [7, 11) is 0. The van der Waals surface area contributed by atoms with E-state index in [9.17, 15) is 14.7 Å². The topological polar surface area (TPSA) is 75.6 Å². The van der Waals surface area contributed by atoms with E-state index in [1.165, 1.54) is 0 Å². The van der Waals surface area contributed by atoms with Crippen molar-refractivity contribution >= 4 is 28.3 Å². The fourth-order valence-corrected chi connectivity index (χ4v) is 2.50. The van der Waals surface area contributed by atoms with E-state index in [1.54, 1.807) is 12.1 Å². The van der Waals surface area contributed by atoms with Crippen molar-refractivity contribution in [2.45, 2.75) is 6.42 Å². The predicted octanol–water partition coefficient (Wildman–Crippen LogP) is 2.51. The fourth-order valence-electron chi connectivity index (χ4n) is 2.50. The smallest absolute Gasteiger partial charge is 0.337 e. The van der Waals surface area contributed by atoms with Gasteiger partial charge in [-0.05, 0) is 29.3 Å². The van der Waals surface area contributed by atoms with E-state index in [0.717, 1.165) is 10.8 Å². The molecule has 1 fully saturated rings. The minimum atomic E-state index is -1.06. The molecule has 1 heterocycles. The zero-order chi connectivity index (χ0) is 14.8. The first-order chi connectivity index (χ1) is 10.1. The van der Waals surface area contributed by atoms with Crippen molar-refractivity contribution in [1.82, 2.24) is 0 Å². The fraction of sp³-hybridized carbons (Fsp3) is 0.250. The van der Waals surface area contributed by atoms with Gasteiger partial charge in [0.2, 0.25) is 5.91 Å². The highest BCUT2D eigenvalue weighted by Gasteiger charge is 2.24. The van der Waals surface area contributed by atoms with Gasteiger partial charge in [-0.2, -0.15) is 0 Å². The lowest BCUT2D eigenvalue weighted by molar-refractivity contribution is -0.119. The van der Waals surface area contributed by atoms with Crippen molar-refractivity contribution in [1.29, 1.82) is 0 Å². The van der Waals surface area contributed by atoms with Crippen LogP contribution in [0.4, 0.5) is 5.69 Å². The Bertz CT molecular complexity index is 704. The number of hydrogen-bond acceptors (Lipinski definition) is 3. The molecule has 0 radical (unpaired) electrons. The summed E-state index contributed by atoms with van der Waals surface area (Å²) in [5, 5.41) is 13.8. The van der Waals surface area contributed by atoms with Crippen LogP contribution in [0.5, 0.6) is 0 Å². The maximum atomic E-state index is 12.1. The predicted molar refractivity (Wildman–Crippen MR) is 78.5 cm³/mol. The Morgan fingerprint density at radius 3 is 2.52 bits per heavy atom. The van der Waals surface area contributed by atoms with Gasteiger partial charge in [-0.25, -0.2) is 4.79 Å². The number of carbonyl (C=O) groups excluding carboxylic acids is 1. The molecule has 2 aromatic carbocycles. The molecule has 1 atom stereocenters. The quantitative estimate of drug-likeness (QED) is 0.908. The average Bonchev–Trinajstić information content (AvgIpc) is 3.00. The summed E-state index contributed by atoms with van der Waals surface area (Å²) in [4.78, 5) is 23.5. The van der Waals surface area contributed by atoms with E-state index in [0.29, 0.717) is 25.3 Å². The first-order valence-corrected chi connectivity index (χ1v) is 6.80. The summed E-state index contributed by atoms with van der Waals surface area (Å²) < 4.78 is 5.19. The van der Waals surface area contributed by atoms with Crippen LogP contribution >= 0.6 is 0 Å². The Morgan fingerprint density at radius 1 is 1.19 bits per heavy atom. The molecule has 2 N–H and O–H groups in total. The molecule has 5 nitrogen and oxygen atoms in total. The lowest BCUT2D eigenvalue weighted by atomic mass is 10.0. The number of ether oxygens (including phenoxy) is 1. The Kier molecular flexibility index (Phi) is 3.58. The highest BCUT2D eigenvalue weighted by molar-refractivity contribution is 6.05. The SMILES string of the molecule is O=C(O)c1cc2ccccc2cc1NC(=O)C1CCOC1. The van der Waals surface area contributed by atoms with Gasteiger partial charge in [0.15, 0.2) is 0 Å². The highest BCUT2D eigenvalue weighted by Crippen LogP contribution is 2.25. The number of fused-ring (bicyclic) bond motifs is 1. The standard InChI is InChI=1S/C16H15NO4/c18-15(12-5-6-21-9-12)17-14-8-11-4-2-1-3-10(11)7-13(14)16(19)20/h1-4,7-8,12H,5-6,9H2,(H,17,18)(H,19,20). The second-order valence-electron chi connectivity index (χ2n) is 5.10. The number of aromatic carboxylic acids is 1. The lowest BCUT2D eigenvalue weighted by Crippen LogP contribution is -2.24. The third kappa shape index (κ3) is 2.73. The number of anilines is 1. The van der Waals surface area contributed by atoms with Crippen molar-refractivity contribution < 1.29 is 19.4 Å². The van der Waals surface area contributed by atoms with Gasteiger partial charge in [-0.15, -0.1) is 0 Å². The first kappa shape index (κ1) is 13.6. The van der Waals surface area contributed by atoms with Gasteiger partial charge in [0, 0.05) is 6.61 Å². The minimum Gasteiger partial charge on any atom is -0.478 e. The highest BCUT2D eigenvalue weighted by atomic mass is 16.5. The number of carbonyl (C=O) groups is 2. The maximum absolute atomic E-state index is 12.1. The molecule has 1 amide bonds. The van der Waals surface area contributed by atoms with Crippen LogP contribution in [-0.4, -0.2) is 30.2 Å². The van der Waals surface area contributed by atoms with E-state index in [1.807, 2.05) is 24.3 Å². The minimum absolute atomic E-state index is 0.0981. The molecule has 1 unspecified atom stereocenters. The van der Waals surface area contributed by atoms with Gasteiger partial charge in [-0.3, -0.25) is 4.79 Å². The van der Waals surface area contributed by atoms with Crippen LogP contribution < -0.4 is 5.32 Å². The Morgan fingerprint density at radius 2 is 1.90 bits per heavy atom. The van der Waals surface area contributed by atoms with E-state index in [2.05, 4.69) is 5.32 Å². The van der Waals surface area contributed by atoms with Crippen LogP contribution in [0, 0.1) is 5.92 Å². The van der Waals surface area contributed by atoms with Crippen LogP contribution in [0.25, 0.3) is 10.8 Å². The summed E-state index contributed by atoms with van der Waals surface area (Å²) in [5.41, 5.74) is 0.430. The molecule has 21 heavy (non-hydrogen) atoms. The molecular formula is C16H15NO4. The van der Waals surface area contributed by atoms with Gasteiger partial charge in [0.25, 0.3) is 0 Å². The molecule has 1 saturated heterocycles. The number of rotatable bonds is 3. The van der Waals surface area contributed by atoms with Gasteiger partial charge < -0.3 is 15.2 Å². The summed E-state index contributed by atoms with van der Waals surface area (Å²) in [6.07, 6.45) is 0.668. The number of hydrogen-bond donors (Lipinski definition) is 2. The van der Waals surface area contributed by atoms with Crippen LogP contribution in [-0.2, 0) is 9.53 Å². The summed E-state index contributed by atoms with van der Waals surface area (Å²) in [6.45, 7) is 0.962. The molecular weight excluding hydrogens is 270 g/mol. The second kappa shape index (κ2) is 5.54. The van der Waals surface area contributed by atoms with Crippen molar-refractivity contribution in [3.63, 3.8) is 0 Å². The summed E-state index contributed by atoms with van der Waals surface area (Å²) >= 11 is 0. The molecule has 108 valence electrons. The van der Waals surface area contributed by atoms with Crippen LogP contribution in [0.2, 0.25) is 0 Å². The van der Waals surface area contributed by atoms with Gasteiger partial charge in [-0.1, -0.05) is 24.3 Å². The molecule has 1 aliphatic heterocycles. The largest absolute Gasteiger partial charge is 0.478 e. The van der Waals surface area contributed by atoms with Gasteiger partial charge >= 0.3 is 5.97 Å². The van der Waals surface area contributed by atoms with E-state index >= 15 is 0 Å². The third-order valence-corrected chi connectivity index (χ3v) is 3.67. The zero-order valence-corrected chi connectivity index (χ0v) is 11.3. The lowest BCUT2D eigenvalue weighted by Gasteiger charge is -2.13. The first-order valence-electron chi connectivity index (χ1n) is 6.80. The van der Waals surface area contributed by atoms with E-state index in [-0.39, 0.29) is 17.4 Å². The zero-order valence-electron chi connectivity index (χ0n) is 11.3. The summed E-state index contributed by atoms with van der Waals surface area (Å²) in [6, 6.07) is 10.7. The van der Waals surface area contributed by atoms with Crippen LogP contribution in [0.15, 0.2) is 36.4 Å². The molecule has 0 saturated carbocycles. The normalized spacial score (nSPS) is 17.8. The monoisotopic (exact) mass is 285 g/mol. The van der Waals surface area contributed by atoms with Crippen LogP contribution in [0.3, 0.4) is 0 Å². The van der Waals surface area contributed by atoms with E-state index < -0.39 is 5.97 Å². The number of carboxylic acid groups (broad SMARTS) is 1. The Hall–Kier alpha value is -2.40. The Labute approximate surface area is 121 Å². The second-order valence-corrected chi connectivity index (χ2v) is 5.10. The number of carboxylic acids is 1. The number of nitrogens with one attached hydrogen (secondary N) is 1. The molecule has 0 bridgehead atoms. The van der Waals surface area contributed by atoms with E-state index in [4.69, 9.17) is 4.74 Å². The van der Waals surface area contributed by atoms with Crippen molar-refractivity contribution in [2.75, 3.05) is 18.5 Å². The molecule has 1 aliphatic rings. The molecule has 0 aliphatic carbocycles. The van der Waals surface area contributed by atoms with Crippen molar-refractivity contribution in [3.8, 4) is 0 Å². The maximum Gasteiger partial charge on any atom is 0.337 e.